The molecule has 6 heteroatoms. The number of esters is 1. The summed E-state index contributed by atoms with van der Waals surface area (Å²) >= 11 is 5.99. The highest BCUT2D eigenvalue weighted by molar-refractivity contribution is 6.32. The van der Waals surface area contributed by atoms with Gasteiger partial charge in [-0.15, -0.1) is 0 Å². The molecule has 0 spiro atoms. The Balaban J connectivity index is 1.83. The number of halogens is 1. The van der Waals surface area contributed by atoms with E-state index in [-0.39, 0.29) is 13.0 Å². The summed E-state index contributed by atoms with van der Waals surface area (Å²) in [7, 11) is 1.51. The third kappa shape index (κ3) is 5.50. The van der Waals surface area contributed by atoms with E-state index < -0.39 is 11.9 Å². The van der Waals surface area contributed by atoms with Crippen molar-refractivity contribution in [2.75, 3.05) is 19.0 Å². The van der Waals surface area contributed by atoms with Crippen molar-refractivity contribution in [3.8, 4) is 5.75 Å². The van der Waals surface area contributed by atoms with E-state index in [2.05, 4.69) is 5.32 Å². The number of ether oxygens (including phenoxy) is 2. The highest BCUT2D eigenvalue weighted by Gasteiger charge is 2.10. The molecule has 0 aliphatic carbocycles. The Morgan fingerprint density at radius 3 is 2.48 bits per heavy atom. The molecule has 25 heavy (non-hydrogen) atoms. The summed E-state index contributed by atoms with van der Waals surface area (Å²) in [5.41, 5.74) is 3.63. The molecule has 5 nitrogen and oxygen atoms in total. The number of nitrogens with one attached hydrogen (secondary N) is 1. The number of methoxy groups -OCH3 is 1. The topological polar surface area (TPSA) is 64.6 Å². The Labute approximate surface area is 151 Å². The zero-order chi connectivity index (χ0) is 18.4. The Bertz CT molecular complexity index is 789. The fraction of sp³-hybridized carbons (Fsp3) is 0.263. The van der Waals surface area contributed by atoms with Crippen molar-refractivity contribution in [2.45, 2.75) is 20.3 Å². The molecule has 0 saturated carbocycles. The van der Waals surface area contributed by atoms with Crippen LogP contribution in [0.4, 0.5) is 5.69 Å². The summed E-state index contributed by atoms with van der Waals surface area (Å²) in [5.74, 6) is -0.375. The molecule has 0 heterocycles. The lowest BCUT2D eigenvalue weighted by Crippen LogP contribution is -2.21. The fourth-order valence-corrected chi connectivity index (χ4v) is 2.48. The summed E-state index contributed by atoms with van der Waals surface area (Å²) in [5, 5.41) is 3.00. The summed E-state index contributed by atoms with van der Waals surface area (Å²) in [4.78, 5) is 23.7. The molecule has 0 fully saturated rings. The van der Waals surface area contributed by atoms with Gasteiger partial charge in [-0.05, 0) is 48.7 Å². The van der Waals surface area contributed by atoms with Crippen LogP contribution in [-0.2, 0) is 20.7 Å². The fourth-order valence-electron chi connectivity index (χ4n) is 2.22. The third-order valence-electron chi connectivity index (χ3n) is 3.72. The predicted molar refractivity (Wildman–Crippen MR) is 97.2 cm³/mol. The third-order valence-corrected chi connectivity index (χ3v) is 4.01. The first-order valence-corrected chi connectivity index (χ1v) is 8.12. The SMILES string of the molecule is COc1ccc(NC(=O)COC(=O)Cc2ccc(C)c(C)c2)cc1Cl. The van der Waals surface area contributed by atoms with Gasteiger partial charge in [-0.2, -0.15) is 0 Å². The molecule has 2 aromatic rings. The van der Waals surface area contributed by atoms with Crippen LogP contribution in [0.1, 0.15) is 16.7 Å². The van der Waals surface area contributed by atoms with Gasteiger partial charge in [-0.3, -0.25) is 9.59 Å². The van der Waals surface area contributed by atoms with Gasteiger partial charge in [0.2, 0.25) is 0 Å². The lowest BCUT2D eigenvalue weighted by molar-refractivity contribution is -0.146. The van der Waals surface area contributed by atoms with Gasteiger partial charge in [0.1, 0.15) is 5.75 Å². The van der Waals surface area contributed by atoms with Gasteiger partial charge < -0.3 is 14.8 Å². The minimum absolute atomic E-state index is 0.128. The van der Waals surface area contributed by atoms with Gasteiger partial charge in [-0.25, -0.2) is 0 Å². The molecule has 2 rings (SSSR count). The average molecular weight is 362 g/mol. The second kappa shape index (κ2) is 8.53. The quantitative estimate of drug-likeness (QED) is 0.797. The van der Waals surface area contributed by atoms with Gasteiger partial charge in [-0.1, -0.05) is 29.8 Å². The van der Waals surface area contributed by atoms with Gasteiger partial charge in [0.05, 0.1) is 18.6 Å². The van der Waals surface area contributed by atoms with E-state index in [9.17, 15) is 9.59 Å². The van der Waals surface area contributed by atoms with Crippen molar-refractivity contribution in [3.05, 3.63) is 58.1 Å². The first-order valence-electron chi connectivity index (χ1n) is 7.74. The van der Waals surface area contributed by atoms with Gasteiger partial charge in [0.25, 0.3) is 5.91 Å². The lowest BCUT2D eigenvalue weighted by Gasteiger charge is -2.09. The molecule has 0 unspecified atom stereocenters. The number of hydrogen-bond donors (Lipinski definition) is 1. The molecule has 0 aliphatic rings. The molecule has 0 aromatic heterocycles. The Kier molecular flexibility index (Phi) is 6.42. The summed E-state index contributed by atoms with van der Waals surface area (Å²) in [6, 6.07) is 10.6. The average Bonchev–Trinajstić information content (AvgIpc) is 2.56. The minimum atomic E-state index is -0.453. The molecular formula is C19H20ClNO4. The number of amides is 1. The van der Waals surface area contributed by atoms with Gasteiger partial charge in [0, 0.05) is 5.69 Å². The molecule has 0 saturated heterocycles. The van der Waals surface area contributed by atoms with Gasteiger partial charge in [0.15, 0.2) is 6.61 Å². The van der Waals surface area contributed by atoms with Crippen LogP contribution in [0.3, 0.4) is 0 Å². The van der Waals surface area contributed by atoms with Crippen LogP contribution >= 0.6 is 11.6 Å². The number of benzene rings is 2. The molecule has 0 aliphatic heterocycles. The summed E-state index contributed by atoms with van der Waals surface area (Å²) in [6.07, 6.45) is 0.128. The van der Waals surface area contributed by atoms with Crippen LogP contribution in [0, 0.1) is 13.8 Å². The highest BCUT2D eigenvalue weighted by atomic mass is 35.5. The van der Waals surface area contributed by atoms with Crippen molar-refractivity contribution in [2.24, 2.45) is 0 Å². The smallest absolute Gasteiger partial charge is 0.310 e. The van der Waals surface area contributed by atoms with Crippen molar-refractivity contribution < 1.29 is 19.1 Å². The Hall–Kier alpha value is -2.53. The molecule has 2 aromatic carbocycles. The standard InChI is InChI=1S/C19H20ClNO4/c1-12-4-5-14(8-13(12)2)9-19(23)25-11-18(22)21-15-6-7-17(24-3)16(20)10-15/h4-8,10H,9,11H2,1-3H3,(H,21,22). The lowest BCUT2D eigenvalue weighted by atomic mass is 10.0. The van der Waals surface area contributed by atoms with Crippen molar-refractivity contribution in [3.63, 3.8) is 0 Å². The molecule has 0 radical (unpaired) electrons. The monoisotopic (exact) mass is 361 g/mol. The van der Waals surface area contributed by atoms with Crippen LogP contribution in [0.15, 0.2) is 36.4 Å². The van der Waals surface area contributed by atoms with E-state index in [1.165, 1.54) is 7.11 Å². The van der Waals surface area contributed by atoms with Crippen LogP contribution < -0.4 is 10.1 Å². The normalized spacial score (nSPS) is 10.2. The molecule has 132 valence electrons. The van der Waals surface area contributed by atoms with Crippen LogP contribution in [-0.4, -0.2) is 25.6 Å². The van der Waals surface area contributed by atoms with E-state index in [1.807, 2.05) is 32.0 Å². The second-order valence-corrected chi connectivity index (χ2v) is 6.06. The second-order valence-electron chi connectivity index (χ2n) is 5.65. The maximum Gasteiger partial charge on any atom is 0.310 e. The van der Waals surface area contributed by atoms with Gasteiger partial charge >= 0.3 is 5.97 Å². The van der Waals surface area contributed by atoms with Crippen molar-refractivity contribution >= 4 is 29.2 Å². The predicted octanol–water partition coefficient (Wildman–Crippen LogP) is 3.69. The molecule has 1 N–H and O–H groups in total. The Morgan fingerprint density at radius 1 is 1.08 bits per heavy atom. The number of carbonyl (C=O) groups excluding carboxylic acids is 2. The van der Waals surface area contributed by atoms with E-state index in [0.717, 1.165) is 16.7 Å². The number of anilines is 1. The number of carbonyl (C=O) groups is 2. The number of hydrogen-bond acceptors (Lipinski definition) is 4. The summed E-state index contributed by atoms with van der Waals surface area (Å²) < 4.78 is 10.1. The van der Waals surface area contributed by atoms with Crippen molar-refractivity contribution in [1.82, 2.24) is 0 Å². The van der Waals surface area contributed by atoms with E-state index >= 15 is 0 Å². The number of rotatable bonds is 6. The van der Waals surface area contributed by atoms with E-state index in [4.69, 9.17) is 21.1 Å². The van der Waals surface area contributed by atoms with Crippen LogP contribution in [0.5, 0.6) is 5.75 Å². The maximum atomic E-state index is 11.9. The van der Waals surface area contributed by atoms with E-state index in [0.29, 0.717) is 16.5 Å². The zero-order valence-corrected chi connectivity index (χ0v) is 15.1. The molecule has 1 amide bonds. The molecule has 0 atom stereocenters. The number of aryl methyl sites for hydroxylation is 2. The first kappa shape index (κ1) is 18.8. The molecular weight excluding hydrogens is 342 g/mol. The Morgan fingerprint density at radius 2 is 1.84 bits per heavy atom. The minimum Gasteiger partial charge on any atom is -0.495 e. The first-order chi connectivity index (χ1) is 11.9. The largest absolute Gasteiger partial charge is 0.495 e. The van der Waals surface area contributed by atoms with E-state index in [1.54, 1.807) is 18.2 Å². The van der Waals surface area contributed by atoms with Crippen molar-refractivity contribution in [1.29, 1.82) is 0 Å². The highest BCUT2D eigenvalue weighted by Crippen LogP contribution is 2.27. The van der Waals surface area contributed by atoms with Crippen LogP contribution in [0.25, 0.3) is 0 Å². The molecule has 0 bridgehead atoms. The maximum absolute atomic E-state index is 11.9. The zero-order valence-electron chi connectivity index (χ0n) is 14.4. The summed E-state index contributed by atoms with van der Waals surface area (Å²) in [6.45, 7) is 3.64. The van der Waals surface area contributed by atoms with Crippen LogP contribution in [0.2, 0.25) is 5.02 Å².